The molecule has 0 bridgehead atoms. The summed E-state index contributed by atoms with van der Waals surface area (Å²) in [5.41, 5.74) is 1.84. The molecule has 6 nitrogen and oxygen atoms in total. The van der Waals surface area contributed by atoms with Crippen molar-refractivity contribution >= 4 is 28.2 Å². The zero-order chi connectivity index (χ0) is 20.0. The number of ether oxygens (including phenoxy) is 1. The van der Waals surface area contributed by atoms with Gasteiger partial charge in [-0.05, 0) is 44.9 Å². The Hall–Kier alpha value is -2.85. The SMILES string of the molecule is CCN(CC)C(=O)c1sc(NC(=O)COc2ccccc2C)c(C#N)c1C. The summed E-state index contributed by atoms with van der Waals surface area (Å²) in [5, 5.41) is 12.5. The molecule has 0 aliphatic heterocycles. The van der Waals surface area contributed by atoms with Gasteiger partial charge in [-0.3, -0.25) is 9.59 Å². The van der Waals surface area contributed by atoms with Gasteiger partial charge in [-0.1, -0.05) is 18.2 Å². The molecule has 7 heteroatoms. The standard InChI is InChI=1S/C20H23N3O3S/c1-5-23(6-2)20(25)18-14(4)15(11-21)19(27-18)22-17(24)12-26-16-10-8-7-9-13(16)3/h7-10H,5-6,12H2,1-4H3,(H,22,24). The van der Waals surface area contributed by atoms with Gasteiger partial charge >= 0.3 is 0 Å². The van der Waals surface area contributed by atoms with Crippen molar-refractivity contribution in [1.29, 1.82) is 5.26 Å². The highest BCUT2D eigenvalue weighted by Crippen LogP contribution is 2.33. The van der Waals surface area contributed by atoms with Crippen LogP contribution in [0.2, 0.25) is 0 Å². The molecule has 0 radical (unpaired) electrons. The van der Waals surface area contributed by atoms with Gasteiger partial charge < -0.3 is 15.0 Å². The van der Waals surface area contributed by atoms with Gasteiger partial charge in [0.15, 0.2) is 6.61 Å². The average Bonchev–Trinajstić information content (AvgIpc) is 2.97. The van der Waals surface area contributed by atoms with Crippen LogP contribution < -0.4 is 10.1 Å². The van der Waals surface area contributed by atoms with Gasteiger partial charge in [-0.2, -0.15) is 5.26 Å². The molecule has 1 heterocycles. The molecule has 1 aromatic carbocycles. The number of para-hydroxylation sites is 1. The molecule has 0 unspecified atom stereocenters. The fourth-order valence-electron chi connectivity index (χ4n) is 2.62. The maximum absolute atomic E-state index is 12.6. The Morgan fingerprint density at radius 2 is 1.89 bits per heavy atom. The first-order valence-electron chi connectivity index (χ1n) is 8.73. The van der Waals surface area contributed by atoms with Gasteiger partial charge in [-0.25, -0.2) is 0 Å². The van der Waals surface area contributed by atoms with Crippen LogP contribution in [0.25, 0.3) is 0 Å². The number of carbonyl (C=O) groups is 2. The minimum atomic E-state index is -0.377. The summed E-state index contributed by atoms with van der Waals surface area (Å²) in [5.74, 6) is 0.126. The predicted molar refractivity (Wildman–Crippen MR) is 106 cm³/mol. The summed E-state index contributed by atoms with van der Waals surface area (Å²) in [7, 11) is 0. The van der Waals surface area contributed by atoms with Crippen molar-refractivity contribution in [2.45, 2.75) is 27.7 Å². The second-order valence-electron chi connectivity index (χ2n) is 5.95. The molecule has 0 aliphatic carbocycles. The van der Waals surface area contributed by atoms with Crippen LogP contribution in [0.3, 0.4) is 0 Å². The van der Waals surface area contributed by atoms with Crippen LogP contribution >= 0.6 is 11.3 Å². The van der Waals surface area contributed by atoms with E-state index in [0.717, 1.165) is 16.9 Å². The highest BCUT2D eigenvalue weighted by Gasteiger charge is 2.24. The lowest BCUT2D eigenvalue weighted by molar-refractivity contribution is -0.118. The molecule has 0 fully saturated rings. The molecule has 2 amide bonds. The van der Waals surface area contributed by atoms with Crippen LogP contribution in [-0.2, 0) is 4.79 Å². The maximum Gasteiger partial charge on any atom is 0.264 e. The van der Waals surface area contributed by atoms with E-state index in [2.05, 4.69) is 11.4 Å². The van der Waals surface area contributed by atoms with E-state index in [4.69, 9.17) is 4.74 Å². The maximum atomic E-state index is 12.6. The summed E-state index contributed by atoms with van der Waals surface area (Å²) < 4.78 is 5.54. The molecule has 0 spiro atoms. The number of thiophene rings is 1. The number of benzene rings is 1. The lowest BCUT2D eigenvalue weighted by atomic mass is 10.1. The van der Waals surface area contributed by atoms with Crippen LogP contribution in [-0.4, -0.2) is 36.4 Å². The van der Waals surface area contributed by atoms with Crippen molar-refractivity contribution in [3.05, 3.63) is 45.8 Å². The van der Waals surface area contributed by atoms with Gasteiger partial charge in [-0.15, -0.1) is 11.3 Å². The van der Waals surface area contributed by atoms with E-state index in [0.29, 0.717) is 39.8 Å². The molecular weight excluding hydrogens is 362 g/mol. The van der Waals surface area contributed by atoms with Crippen LogP contribution in [0.1, 0.15) is 40.2 Å². The van der Waals surface area contributed by atoms with Gasteiger partial charge in [0.2, 0.25) is 0 Å². The largest absolute Gasteiger partial charge is 0.483 e. The Labute approximate surface area is 163 Å². The monoisotopic (exact) mass is 385 g/mol. The number of hydrogen-bond donors (Lipinski definition) is 1. The minimum Gasteiger partial charge on any atom is -0.483 e. The smallest absolute Gasteiger partial charge is 0.264 e. The van der Waals surface area contributed by atoms with Gasteiger partial charge in [0.25, 0.3) is 11.8 Å². The van der Waals surface area contributed by atoms with E-state index in [9.17, 15) is 14.9 Å². The lowest BCUT2D eigenvalue weighted by Crippen LogP contribution is -2.30. The molecule has 0 atom stereocenters. The van der Waals surface area contributed by atoms with Crippen molar-refractivity contribution in [1.82, 2.24) is 4.90 Å². The van der Waals surface area contributed by atoms with E-state index in [-0.39, 0.29) is 18.4 Å². The van der Waals surface area contributed by atoms with Crippen LogP contribution in [0.5, 0.6) is 5.75 Å². The number of anilines is 1. The van der Waals surface area contributed by atoms with E-state index in [1.165, 1.54) is 0 Å². The fraction of sp³-hybridized carbons (Fsp3) is 0.350. The molecule has 2 rings (SSSR count). The second kappa shape index (κ2) is 9.19. The zero-order valence-corrected chi connectivity index (χ0v) is 16.8. The molecule has 1 N–H and O–H groups in total. The summed E-state index contributed by atoms with van der Waals surface area (Å²) in [6.45, 7) is 8.43. The van der Waals surface area contributed by atoms with Gasteiger partial charge in [0.1, 0.15) is 16.8 Å². The van der Waals surface area contributed by atoms with Crippen LogP contribution in [0.4, 0.5) is 5.00 Å². The summed E-state index contributed by atoms with van der Waals surface area (Å²) in [6, 6.07) is 9.50. The zero-order valence-electron chi connectivity index (χ0n) is 16.0. The van der Waals surface area contributed by atoms with E-state index >= 15 is 0 Å². The third-order valence-electron chi connectivity index (χ3n) is 4.21. The Balaban J connectivity index is 2.15. The van der Waals surface area contributed by atoms with E-state index in [1.807, 2.05) is 39.0 Å². The number of nitrogens with one attached hydrogen (secondary N) is 1. The first-order chi connectivity index (χ1) is 12.9. The molecule has 0 saturated heterocycles. The normalized spacial score (nSPS) is 10.2. The highest BCUT2D eigenvalue weighted by atomic mass is 32.1. The molecule has 27 heavy (non-hydrogen) atoms. The third kappa shape index (κ3) is 4.66. The number of amides is 2. The van der Waals surface area contributed by atoms with E-state index < -0.39 is 0 Å². The van der Waals surface area contributed by atoms with Gasteiger partial charge in [0, 0.05) is 13.1 Å². The first-order valence-corrected chi connectivity index (χ1v) is 9.55. The first kappa shape index (κ1) is 20.5. The van der Waals surface area contributed by atoms with Crippen molar-refractivity contribution in [2.24, 2.45) is 0 Å². The Morgan fingerprint density at radius 1 is 1.22 bits per heavy atom. The van der Waals surface area contributed by atoms with Crippen LogP contribution in [0.15, 0.2) is 24.3 Å². The van der Waals surface area contributed by atoms with Crippen molar-refractivity contribution in [3.8, 4) is 11.8 Å². The number of nitrogens with zero attached hydrogens (tertiary/aromatic N) is 2. The average molecular weight is 385 g/mol. The van der Waals surface area contributed by atoms with E-state index in [1.54, 1.807) is 17.9 Å². The van der Waals surface area contributed by atoms with Crippen molar-refractivity contribution in [3.63, 3.8) is 0 Å². The Kier molecular flexibility index (Phi) is 6.97. The number of rotatable bonds is 7. The molecular formula is C20H23N3O3S. The Bertz CT molecular complexity index is 879. The summed E-state index contributed by atoms with van der Waals surface area (Å²) in [6.07, 6.45) is 0. The summed E-state index contributed by atoms with van der Waals surface area (Å²) in [4.78, 5) is 27.1. The molecule has 1 aromatic heterocycles. The number of carbonyl (C=O) groups excluding carboxylic acids is 2. The second-order valence-corrected chi connectivity index (χ2v) is 6.97. The van der Waals surface area contributed by atoms with Crippen LogP contribution in [0, 0.1) is 25.2 Å². The van der Waals surface area contributed by atoms with Gasteiger partial charge in [0.05, 0.1) is 10.4 Å². The summed E-state index contributed by atoms with van der Waals surface area (Å²) >= 11 is 1.13. The number of hydrogen-bond acceptors (Lipinski definition) is 5. The molecule has 0 saturated carbocycles. The Morgan fingerprint density at radius 3 is 2.48 bits per heavy atom. The fourth-order valence-corrected chi connectivity index (χ4v) is 3.76. The highest BCUT2D eigenvalue weighted by molar-refractivity contribution is 7.18. The molecule has 0 aliphatic rings. The molecule has 142 valence electrons. The quantitative estimate of drug-likeness (QED) is 0.787. The number of aryl methyl sites for hydroxylation is 1. The minimum absolute atomic E-state index is 0.129. The van der Waals surface area contributed by atoms with Crippen molar-refractivity contribution < 1.29 is 14.3 Å². The number of nitriles is 1. The molecule has 2 aromatic rings. The third-order valence-corrected chi connectivity index (χ3v) is 5.40. The predicted octanol–water partition coefficient (Wildman–Crippen LogP) is 3.74. The lowest BCUT2D eigenvalue weighted by Gasteiger charge is -2.17. The topological polar surface area (TPSA) is 82.4 Å². The van der Waals surface area contributed by atoms with Crippen molar-refractivity contribution in [2.75, 3.05) is 25.0 Å².